The van der Waals surface area contributed by atoms with Crippen molar-refractivity contribution in [2.24, 2.45) is 10.9 Å². The quantitative estimate of drug-likeness (QED) is 0.321. The molecule has 8 nitrogen and oxygen atoms in total. The molecule has 1 rings (SSSR count). The molecule has 1 amide bonds. The van der Waals surface area contributed by atoms with E-state index in [1.165, 1.54) is 0 Å². The lowest BCUT2D eigenvalue weighted by Gasteiger charge is -2.28. The van der Waals surface area contributed by atoms with Gasteiger partial charge in [0.25, 0.3) is 0 Å². The van der Waals surface area contributed by atoms with E-state index in [9.17, 15) is 4.79 Å². The minimum atomic E-state index is -0.509. The summed E-state index contributed by atoms with van der Waals surface area (Å²) in [7, 11) is 3.70. The highest BCUT2D eigenvalue weighted by Crippen LogP contribution is 2.11. The Morgan fingerprint density at radius 1 is 1.31 bits per heavy atom. The maximum absolute atomic E-state index is 12.1. The van der Waals surface area contributed by atoms with Crippen LogP contribution >= 0.6 is 24.0 Å². The zero-order valence-corrected chi connectivity index (χ0v) is 21.6. The minimum absolute atomic E-state index is 0. The third-order valence-corrected chi connectivity index (χ3v) is 4.33. The molecule has 1 unspecified atom stereocenters. The van der Waals surface area contributed by atoms with Gasteiger partial charge in [-0.2, -0.15) is 0 Å². The number of carbonyl (C=O) groups excluding carboxylic acids is 1. The molecule has 2 N–H and O–H groups in total. The summed E-state index contributed by atoms with van der Waals surface area (Å²) in [5, 5.41) is 6.24. The number of aryl methyl sites for hydroxylation is 2. The lowest BCUT2D eigenvalue weighted by atomic mass is 10.0. The molecule has 0 aliphatic carbocycles. The average Bonchev–Trinajstić information content (AvgIpc) is 2.88. The zero-order chi connectivity index (χ0) is 21.5. The molecule has 0 saturated carbocycles. The molecule has 0 radical (unpaired) electrons. The number of aliphatic imine (C=N–C) groups is 1. The number of hydrogen-bond donors (Lipinski definition) is 2. The Bertz CT molecular complexity index is 648. The number of oxazole rings is 1. The number of rotatable bonds is 7. The predicted molar refractivity (Wildman–Crippen MR) is 127 cm³/mol. The highest BCUT2D eigenvalue weighted by Gasteiger charge is 2.22. The van der Waals surface area contributed by atoms with Crippen molar-refractivity contribution in [3.8, 4) is 0 Å². The molecule has 0 aliphatic heterocycles. The van der Waals surface area contributed by atoms with E-state index in [1.54, 1.807) is 7.05 Å². The van der Waals surface area contributed by atoms with Gasteiger partial charge in [-0.05, 0) is 47.0 Å². The number of halogens is 1. The molecule has 0 aromatic carbocycles. The van der Waals surface area contributed by atoms with Gasteiger partial charge in [0.15, 0.2) is 5.96 Å². The largest absolute Gasteiger partial charge is 0.444 e. The van der Waals surface area contributed by atoms with Crippen LogP contribution in [0.15, 0.2) is 9.41 Å². The third-order valence-electron chi connectivity index (χ3n) is 4.33. The fraction of sp³-hybridized carbons (Fsp3) is 0.750. The Morgan fingerprint density at radius 2 is 1.93 bits per heavy atom. The Kier molecular flexibility index (Phi) is 11.6. The van der Waals surface area contributed by atoms with Crippen molar-refractivity contribution in [1.29, 1.82) is 0 Å². The van der Waals surface area contributed by atoms with E-state index in [0.717, 1.165) is 30.4 Å². The van der Waals surface area contributed by atoms with E-state index >= 15 is 0 Å². The number of carbonyl (C=O) groups is 1. The van der Waals surface area contributed by atoms with Crippen molar-refractivity contribution in [2.45, 2.75) is 73.1 Å². The van der Waals surface area contributed by atoms with Gasteiger partial charge in [-0.25, -0.2) is 9.78 Å². The van der Waals surface area contributed by atoms with Crippen LogP contribution < -0.4 is 10.6 Å². The van der Waals surface area contributed by atoms with E-state index in [2.05, 4.69) is 34.5 Å². The smallest absolute Gasteiger partial charge is 0.407 e. The van der Waals surface area contributed by atoms with Crippen LogP contribution in [0.1, 0.15) is 58.4 Å². The molecule has 0 fully saturated rings. The van der Waals surface area contributed by atoms with Crippen LogP contribution in [0, 0.1) is 19.8 Å². The summed E-state index contributed by atoms with van der Waals surface area (Å²) in [6.07, 6.45) is 0.386. The molecule has 0 aliphatic rings. The van der Waals surface area contributed by atoms with Crippen molar-refractivity contribution >= 4 is 36.0 Å². The maximum atomic E-state index is 12.1. The summed E-state index contributed by atoms with van der Waals surface area (Å²) in [5.74, 6) is 2.49. The Hall–Kier alpha value is -1.52. The van der Waals surface area contributed by atoms with Gasteiger partial charge in [0, 0.05) is 26.7 Å². The van der Waals surface area contributed by atoms with Crippen LogP contribution in [0.2, 0.25) is 0 Å². The molecule has 1 aromatic rings. The molecule has 0 spiro atoms. The molecule has 1 heterocycles. The van der Waals surface area contributed by atoms with Gasteiger partial charge < -0.3 is 24.7 Å². The van der Waals surface area contributed by atoms with Crippen LogP contribution in [0.3, 0.4) is 0 Å². The van der Waals surface area contributed by atoms with Crippen LogP contribution in [-0.2, 0) is 11.3 Å². The average molecular weight is 523 g/mol. The van der Waals surface area contributed by atoms with Crippen molar-refractivity contribution in [3.63, 3.8) is 0 Å². The predicted octanol–water partition coefficient (Wildman–Crippen LogP) is 3.86. The van der Waals surface area contributed by atoms with Crippen molar-refractivity contribution in [3.05, 3.63) is 17.3 Å². The van der Waals surface area contributed by atoms with Crippen LogP contribution in [-0.4, -0.2) is 54.2 Å². The Labute approximate surface area is 192 Å². The number of aromatic nitrogens is 1. The SMILES string of the molecule is CN=C(NCc1nc(C)c(C)o1)N(C)CCC(NC(=O)OC(C)(C)C)C(C)C.I. The topological polar surface area (TPSA) is 92.0 Å². The summed E-state index contributed by atoms with van der Waals surface area (Å²) in [6.45, 7) is 14.8. The zero-order valence-electron chi connectivity index (χ0n) is 19.3. The second-order valence-corrected chi connectivity index (χ2v) is 8.36. The van der Waals surface area contributed by atoms with Crippen molar-refractivity contribution in [2.75, 3.05) is 20.6 Å². The van der Waals surface area contributed by atoms with Gasteiger partial charge in [0.2, 0.25) is 5.89 Å². The van der Waals surface area contributed by atoms with Crippen molar-refractivity contribution in [1.82, 2.24) is 20.5 Å². The fourth-order valence-corrected chi connectivity index (χ4v) is 2.62. The van der Waals surface area contributed by atoms with E-state index in [4.69, 9.17) is 9.15 Å². The molecule has 0 saturated heterocycles. The number of amides is 1. The van der Waals surface area contributed by atoms with E-state index in [0.29, 0.717) is 12.4 Å². The highest BCUT2D eigenvalue weighted by atomic mass is 127. The van der Waals surface area contributed by atoms with Gasteiger partial charge in [-0.15, -0.1) is 24.0 Å². The lowest BCUT2D eigenvalue weighted by Crippen LogP contribution is -2.45. The van der Waals surface area contributed by atoms with Gasteiger partial charge in [-0.3, -0.25) is 4.99 Å². The monoisotopic (exact) mass is 523 g/mol. The first-order valence-electron chi connectivity index (χ1n) is 9.77. The number of hydrogen-bond acceptors (Lipinski definition) is 5. The Balaban J connectivity index is 0.00000784. The standard InChI is InChI=1S/C20H37N5O3.HI/c1-13(2)16(24-19(26)28-20(5,6)7)10-11-25(9)18(21-8)22-12-17-23-14(3)15(4)27-17;/h13,16H,10-12H2,1-9H3,(H,21,22)(H,24,26);1H. The molecule has 1 atom stereocenters. The van der Waals surface area contributed by atoms with Gasteiger partial charge in [0.05, 0.1) is 12.2 Å². The summed E-state index contributed by atoms with van der Waals surface area (Å²) in [4.78, 5) is 22.8. The minimum Gasteiger partial charge on any atom is -0.444 e. The first-order valence-corrected chi connectivity index (χ1v) is 9.77. The highest BCUT2D eigenvalue weighted by molar-refractivity contribution is 14.0. The lowest BCUT2D eigenvalue weighted by molar-refractivity contribution is 0.0485. The Morgan fingerprint density at radius 3 is 2.38 bits per heavy atom. The first-order chi connectivity index (χ1) is 12.9. The van der Waals surface area contributed by atoms with Gasteiger partial charge >= 0.3 is 6.09 Å². The summed E-state index contributed by atoms with van der Waals surface area (Å²) in [6, 6.07) is 0.00689. The molecular weight excluding hydrogens is 485 g/mol. The van der Waals surface area contributed by atoms with Crippen molar-refractivity contribution < 1.29 is 13.9 Å². The number of alkyl carbamates (subject to hydrolysis) is 1. The van der Waals surface area contributed by atoms with Gasteiger partial charge in [-0.1, -0.05) is 13.8 Å². The molecular formula is C20H38IN5O3. The van der Waals surface area contributed by atoms with Gasteiger partial charge in [0.1, 0.15) is 11.4 Å². The summed E-state index contributed by atoms with van der Waals surface area (Å²) >= 11 is 0. The van der Waals surface area contributed by atoms with Crippen LogP contribution in [0.4, 0.5) is 4.79 Å². The molecule has 1 aromatic heterocycles. The van der Waals surface area contributed by atoms with Crippen LogP contribution in [0.25, 0.3) is 0 Å². The third kappa shape index (κ3) is 10.2. The molecule has 9 heteroatoms. The first kappa shape index (κ1) is 27.5. The maximum Gasteiger partial charge on any atom is 0.407 e. The molecule has 0 bridgehead atoms. The second-order valence-electron chi connectivity index (χ2n) is 8.36. The normalized spacial score (nSPS) is 13.0. The second kappa shape index (κ2) is 12.2. The van der Waals surface area contributed by atoms with Crippen LogP contribution in [0.5, 0.6) is 0 Å². The number of nitrogens with one attached hydrogen (secondary N) is 2. The van der Waals surface area contributed by atoms with E-state index in [1.807, 2.05) is 46.6 Å². The summed E-state index contributed by atoms with van der Waals surface area (Å²) in [5.41, 5.74) is 0.387. The fourth-order valence-electron chi connectivity index (χ4n) is 2.62. The summed E-state index contributed by atoms with van der Waals surface area (Å²) < 4.78 is 11.0. The number of ether oxygens (including phenoxy) is 1. The van der Waals surface area contributed by atoms with E-state index in [-0.39, 0.29) is 42.0 Å². The number of nitrogens with zero attached hydrogens (tertiary/aromatic N) is 3. The number of guanidine groups is 1. The molecule has 29 heavy (non-hydrogen) atoms. The van der Waals surface area contributed by atoms with E-state index < -0.39 is 5.60 Å². The molecule has 168 valence electrons.